The number of alkyl halides is 6. The van der Waals surface area contributed by atoms with E-state index in [0.717, 1.165) is 11.9 Å². The largest absolute Gasteiger partial charge is 0.430 e. The van der Waals surface area contributed by atoms with Crippen molar-refractivity contribution in [3.8, 4) is 0 Å². The summed E-state index contributed by atoms with van der Waals surface area (Å²) in [5.41, 5.74) is 1.01. The molecule has 0 aliphatic heterocycles. The van der Waals surface area contributed by atoms with Gasteiger partial charge in [0.1, 0.15) is 11.2 Å². The Morgan fingerprint density at radius 2 is 1.33 bits per heavy atom. The lowest BCUT2D eigenvalue weighted by atomic mass is 10.3. The standard InChI is InChI=1S/C8Cl9N.C8H4Cl3NO2S/c9-1-2(10)4(12)6(5(13)3(1)11)18-7(14)8(15,16)17;9-8(10,11)15-12-5-3-1-2-4-6(5)14-7(12)13/h;1-4H. The summed E-state index contributed by atoms with van der Waals surface area (Å²) in [5.74, 6) is -0.562. The maximum atomic E-state index is 11.4. The highest BCUT2D eigenvalue weighted by atomic mass is 35.6. The van der Waals surface area contributed by atoms with Gasteiger partial charge in [0, 0.05) is 11.9 Å². The van der Waals surface area contributed by atoms with Gasteiger partial charge in [-0.3, -0.25) is 0 Å². The molecule has 0 aliphatic rings. The van der Waals surface area contributed by atoms with Crippen LogP contribution in [-0.4, -0.2) is 16.1 Å². The second-order valence-corrected chi connectivity index (χ2v) is 14.1. The number of rotatable bonds is 2. The molecule has 0 unspecified atom stereocenters. The SMILES string of the molecule is ClC(=Nc1c(Cl)c(Cl)c(Cl)c(Cl)c1Cl)C(Cl)(Cl)Cl.O=c1oc2ccccc2n1SC(Cl)(Cl)Cl. The predicted octanol–water partition coefficient (Wildman–Crippen LogP) is 11.0. The molecule has 2 aromatic carbocycles. The van der Waals surface area contributed by atoms with E-state index >= 15 is 0 Å². The van der Waals surface area contributed by atoms with E-state index in [1.807, 2.05) is 0 Å². The molecule has 17 heteroatoms. The van der Waals surface area contributed by atoms with Crippen LogP contribution in [0.25, 0.3) is 11.1 Å². The van der Waals surface area contributed by atoms with E-state index in [4.69, 9.17) is 144 Å². The zero-order chi connectivity index (χ0) is 25.3. The molecule has 4 nitrogen and oxygen atoms in total. The second-order valence-electron chi connectivity index (χ2n) is 5.49. The smallest absolute Gasteiger partial charge is 0.407 e. The maximum Gasteiger partial charge on any atom is 0.430 e. The number of aliphatic imine (C=N–C) groups is 1. The van der Waals surface area contributed by atoms with Crippen LogP contribution in [0.15, 0.2) is 38.5 Å². The van der Waals surface area contributed by atoms with Crippen molar-refractivity contribution >= 4 is 173 Å². The summed E-state index contributed by atoms with van der Waals surface area (Å²) in [6.45, 7) is 0. The minimum atomic E-state index is -1.92. The Balaban J connectivity index is 0.000000237. The van der Waals surface area contributed by atoms with Crippen LogP contribution in [0.1, 0.15) is 0 Å². The van der Waals surface area contributed by atoms with Gasteiger partial charge in [0.2, 0.25) is 3.79 Å². The Bertz CT molecular complexity index is 1230. The number of aromatic nitrogens is 1. The zero-order valence-electron chi connectivity index (χ0n) is 15.0. The minimum Gasteiger partial charge on any atom is -0.407 e. The molecule has 3 aromatic rings. The Morgan fingerprint density at radius 3 is 1.82 bits per heavy atom. The third-order valence-corrected chi connectivity index (χ3v) is 8.08. The van der Waals surface area contributed by atoms with Gasteiger partial charge in [-0.1, -0.05) is 151 Å². The van der Waals surface area contributed by atoms with Crippen molar-refractivity contribution in [2.24, 2.45) is 4.99 Å². The molecule has 1 aromatic heterocycles. The van der Waals surface area contributed by atoms with Crippen molar-refractivity contribution in [3.63, 3.8) is 0 Å². The molecule has 0 bridgehead atoms. The third-order valence-electron chi connectivity index (χ3n) is 3.27. The second kappa shape index (κ2) is 12.2. The van der Waals surface area contributed by atoms with Crippen LogP contribution < -0.4 is 5.76 Å². The zero-order valence-corrected chi connectivity index (χ0v) is 24.9. The Hall–Kier alpha value is 1.21. The van der Waals surface area contributed by atoms with Crippen LogP contribution in [0.4, 0.5) is 5.69 Å². The van der Waals surface area contributed by atoms with Crippen molar-refractivity contribution < 1.29 is 4.42 Å². The average Bonchev–Trinajstić information content (AvgIpc) is 3.01. The molecule has 0 spiro atoms. The van der Waals surface area contributed by atoms with Gasteiger partial charge in [0.05, 0.1) is 25.1 Å². The summed E-state index contributed by atoms with van der Waals surface area (Å²) in [4.78, 5) is 15.2. The molecule has 1 heterocycles. The Kier molecular flexibility index (Phi) is 11.2. The normalized spacial score (nSPS) is 12.7. The highest BCUT2D eigenvalue weighted by molar-refractivity contribution is 8.03. The van der Waals surface area contributed by atoms with Crippen LogP contribution in [0.2, 0.25) is 25.1 Å². The molecule has 3 rings (SSSR count). The number of fused-ring (bicyclic) bond motifs is 1. The lowest BCUT2D eigenvalue weighted by molar-refractivity contribution is 0.550. The summed E-state index contributed by atoms with van der Waals surface area (Å²) < 4.78 is 2.64. The Morgan fingerprint density at radius 1 is 0.848 bits per heavy atom. The number of oxazole rings is 1. The van der Waals surface area contributed by atoms with Gasteiger partial charge in [-0.15, -0.1) is 0 Å². The summed E-state index contributed by atoms with van der Waals surface area (Å²) >= 11 is 69.2. The highest BCUT2D eigenvalue weighted by Crippen LogP contribution is 2.49. The van der Waals surface area contributed by atoms with E-state index in [1.54, 1.807) is 24.3 Å². The number of benzene rings is 2. The van der Waals surface area contributed by atoms with E-state index in [2.05, 4.69) is 4.99 Å². The van der Waals surface area contributed by atoms with Gasteiger partial charge >= 0.3 is 5.76 Å². The van der Waals surface area contributed by atoms with Crippen molar-refractivity contribution in [2.45, 2.75) is 6.92 Å². The Labute approximate surface area is 250 Å². The first-order valence-corrected chi connectivity index (χ1v) is 13.0. The molecule has 33 heavy (non-hydrogen) atoms. The topological polar surface area (TPSA) is 47.5 Å². The first kappa shape index (κ1) is 30.4. The van der Waals surface area contributed by atoms with Crippen molar-refractivity contribution in [1.82, 2.24) is 3.97 Å². The molecule has 0 radical (unpaired) electrons. The summed E-state index contributed by atoms with van der Waals surface area (Å²) in [5, 5.41) is -0.532. The van der Waals surface area contributed by atoms with Crippen LogP contribution in [0.3, 0.4) is 0 Å². The van der Waals surface area contributed by atoms with Crippen molar-refractivity contribution in [3.05, 3.63) is 59.9 Å². The van der Waals surface area contributed by atoms with E-state index in [9.17, 15) is 4.79 Å². The van der Waals surface area contributed by atoms with E-state index in [-0.39, 0.29) is 36.0 Å². The van der Waals surface area contributed by atoms with E-state index < -0.39 is 12.7 Å². The fourth-order valence-corrected chi connectivity index (χ4v) is 4.60. The summed E-state index contributed by atoms with van der Waals surface area (Å²) in [6.07, 6.45) is 0. The van der Waals surface area contributed by atoms with E-state index in [0.29, 0.717) is 11.1 Å². The highest BCUT2D eigenvalue weighted by Gasteiger charge is 2.28. The van der Waals surface area contributed by atoms with Gasteiger partial charge in [0.25, 0.3) is 3.12 Å². The van der Waals surface area contributed by atoms with Crippen LogP contribution >= 0.6 is 151 Å². The fraction of sp³-hybridized carbons (Fsp3) is 0.125. The molecule has 0 aliphatic carbocycles. The summed E-state index contributed by atoms with van der Waals surface area (Å²) in [7, 11) is 0. The average molecular weight is 714 g/mol. The lowest BCUT2D eigenvalue weighted by Crippen LogP contribution is -2.12. The third kappa shape index (κ3) is 8.10. The monoisotopic (exact) mass is 708 g/mol. The number of para-hydroxylation sites is 2. The molecule has 0 saturated carbocycles. The van der Waals surface area contributed by atoms with Gasteiger partial charge in [-0.2, -0.15) is 0 Å². The summed E-state index contributed by atoms with van der Waals surface area (Å²) in [6, 6.07) is 6.91. The van der Waals surface area contributed by atoms with Gasteiger partial charge in [0.15, 0.2) is 10.8 Å². The molecule has 0 fully saturated rings. The predicted molar refractivity (Wildman–Crippen MR) is 148 cm³/mol. The first-order valence-electron chi connectivity index (χ1n) is 7.74. The molecule has 0 amide bonds. The molecular formula is C16H4Cl12N2O2S. The van der Waals surface area contributed by atoms with Crippen LogP contribution in [0.5, 0.6) is 0 Å². The molecule has 180 valence electrons. The van der Waals surface area contributed by atoms with E-state index in [1.165, 1.54) is 3.97 Å². The van der Waals surface area contributed by atoms with Crippen molar-refractivity contribution in [1.29, 1.82) is 0 Å². The van der Waals surface area contributed by atoms with Crippen LogP contribution in [-0.2, 0) is 0 Å². The maximum absolute atomic E-state index is 11.4. The molecule has 0 N–H and O–H groups in total. The molecular weight excluding hydrogens is 710 g/mol. The fourth-order valence-electron chi connectivity index (χ4n) is 1.99. The van der Waals surface area contributed by atoms with Crippen molar-refractivity contribution in [2.75, 3.05) is 0 Å². The molecule has 0 saturated heterocycles. The van der Waals surface area contributed by atoms with Gasteiger partial charge < -0.3 is 4.42 Å². The number of hydrogen-bond acceptors (Lipinski definition) is 4. The number of halogens is 12. The first-order chi connectivity index (χ1) is 15.0. The van der Waals surface area contributed by atoms with Gasteiger partial charge in [-0.25, -0.2) is 13.8 Å². The number of nitrogens with zero attached hydrogens (tertiary/aromatic N) is 2. The quantitative estimate of drug-likeness (QED) is 0.115. The molecule has 0 atom stereocenters. The van der Waals surface area contributed by atoms with Gasteiger partial charge in [-0.05, 0) is 12.1 Å². The van der Waals surface area contributed by atoms with Crippen LogP contribution in [0, 0.1) is 0 Å². The number of hydrogen-bond donors (Lipinski definition) is 0. The minimum absolute atomic E-state index is 0.00251. The lowest BCUT2D eigenvalue weighted by Gasteiger charge is -2.12.